The molecule has 3 rings (SSSR count). The predicted molar refractivity (Wildman–Crippen MR) is 98.7 cm³/mol. The average molecular weight is 357 g/mol. The fourth-order valence-electron chi connectivity index (χ4n) is 3.43. The Morgan fingerprint density at radius 3 is 2.81 bits per heavy atom. The minimum Gasteiger partial charge on any atom is -0.368 e. The number of carbonyl (C=O) groups excluding carboxylic acids is 1. The number of aromatic nitrogens is 2. The number of likely N-dealkylation sites (N-methyl/N-ethyl adjacent to an activating group) is 1. The van der Waals surface area contributed by atoms with Gasteiger partial charge < -0.3 is 15.5 Å². The summed E-state index contributed by atoms with van der Waals surface area (Å²) in [6, 6.07) is 6.29. The highest BCUT2D eigenvalue weighted by Crippen LogP contribution is 2.36. The van der Waals surface area contributed by atoms with Gasteiger partial charge in [0.05, 0.1) is 18.3 Å². The molecule has 6 nitrogen and oxygen atoms in total. The van der Waals surface area contributed by atoms with Crippen LogP contribution in [0.25, 0.3) is 11.1 Å². The third kappa shape index (κ3) is 3.83. The van der Waals surface area contributed by atoms with Crippen molar-refractivity contribution in [2.75, 3.05) is 32.9 Å². The number of halogens is 1. The number of amides is 1. The number of anilines is 1. The Bertz CT molecular complexity index is 795. The Kier molecular flexibility index (Phi) is 5.46. The molecule has 1 atom stereocenters. The van der Waals surface area contributed by atoms with Crippen molar-refractivity contribution in [2.45, 2.75) is 25.3 Å². The van der Waals surface area contributed by atoms with Gasteiger partial charge in [-0.05, 0) is 39.4 Å². The largest absolute Gasteiger partial charge is 0.368 e. The first kappa shape index (κ1) is 18.3. The number of nitrogen functional groups attached to an aromatic ring is 1. The van der Waals surface area contributed by atoms with Crippen LogP contribution in [0.15, 0.2) is 30.5 Å². The summed E-state index contributed by atoms with van der Waals surface area (Å²) in [5, 5.41) is 0. The van der Waals surface area contributed by atoms with Gasteiger partial charge in [0.2, 0.25) is 11.9 Å². The van der Waals surface area contributed by atoms with Crippen molar-refractivity contribution in [3.8, 4) is 11.1 Å². The molecule has 2 aromatic rings. The molecule has 0 aliphatic carbocycles. The first-order valence-electron chi connectivity index (χ1n) is 8.79. The van der Waals surface area contributed by atoms with Gasteiger partial charge in [-0.3, -0.25) is 4.79 Å². The number of hydrogen-bond donors (Lipinski definition) is 1. The summed E-state index contributed by atoms with van der Waals surface area (Å²) < 4.78 is 14.4. The average Bonchev–Trinajstić information content (AvgIpc) is 2.62. The molecule has 7 heteroatoms. The smallest absolute Gasteiger partial charge is 0.237 e. The predicted octanol–water partition coefficient (Wildman–Crippen LogP) is 2.48. The molecule has 0 saturated carbocycles. The quantitative estimate of drug-likeness (QED) is 0.910. The third-order valence-corrected chi connectivity index (χ3v) is 4.59. The lowest BCUT2D eigenvalue weighted by molar-refractivity contribution is -0.135. The lowest BCUT2D eigenvalue weighted by atomic mass is 9.93. The maximum atomic E-state index is 14.4. The van der Waals surface area contributed by atoms with Crippen molar-refractivity contribution in [1.29, 1.82) is 0 Å². The van der Waals surface area contributed by atoms with Gasteiger partial charge in [-0.2, -0.15) is 0 Å². The molecule has 2 N–H and O–H groups in total. The number of rotatable bonds is 4. The van der Waals surface area contributed by atoms with Gasteiger partial charge in [0, 0.05) is 23.9 Å². The summed E-state index contributed by atoms with van der Waals surface area (Å²) in [6.07, 6.45) is 4.26. The molecule has 26 heavy (non-hydrogen) atoms. The van der Waals surface area contributed by atoms with E-state index in [0.29, 0.717) is 29.9 Å². The Labute approximate surface area is 152 Å². The van der Waals surface area contributed by atoms with Gasteiger partial charge in [0.25, 0.3) is 0 Å². The summed E-state index contributed by atoms with van der Waals surface area (Å²) in [4.78, 5) is 24.9. The molecule has 1 saturated heterocycles. The van der Waals surface area contributed by atoms with Crippen molar-refractivity contribution in [1.82, 2.24) is 19.8 Å². The van der Waals surface area contributed by atoms with Gasteiger partial charge in [-0.25, -0.2) is 14.4 Å². The van der Waals surface area contributed by atoms with Gasteiger partial charge in [0.1, 0.15) is 5.82 Å². The molecule has 0 spiro atoms. The zero-order valence-electron chi connectivity index (χ0n) is 15.2. The standard InChI is InChI=1S/C19H24FN5O/c1-24(2)12-17(26)25-10-6-5-9-16(25)18-14(11-22-19(21)23-18)13-7-3-4-8-15(13)20/h3-4,7-8,11,16H,5-6,9-10,12H2,1-2H3,(H2,21,22,23)/t16-/m0/s1. The second-order valence-corrected chi connectivity index (χ2v) is 6.84. The summed E-state index contributed by atoms with van der Waals surface area (Å²) in [5.41, 5.74) is 7.46. The minimum atomic E-state index is -0.343. The lowest BCUT2D eigenvalue weighted by Crippen LogP contribution is -2.43. The summed E-state index contributed by atoms with van der Waals surface area (Å²) >= 11 is 0. The molecule has 1 amide bonds. The van der Waals surface area contributed by atoms with Crippen molar-refractivity contribution in [3.63, 3.8) is 0 Å². The van der Waals surface area contributed by atoms with Crippen LogP contribution in [-0.4, -0.2) is 52.9 Å². The molecule has 0 bridgehead atoms. The van der Waals surface area contributed by atoms with Crippen LogP contribution in [0.2, 0.25) is 0 Å². The van der Waals surface area contributed by atoms with Crippen molar-refractivity contribution < 1.29 is 9.18 Å². The number of nitrogens with two attached hydrogens (primary N) is 1. The van der Waals surface area contributed by atoms with E-state index in [0.717, 1.165) is 19.3 Å². The maximum Gasteiger partial charge on any atom is 0.237 e. The van der Waals surface area contributed by atoms with E-state index in [-0.39, 0.29) is 23.7 Å². The summed E-state index contributed by atoms with van der Waals surface area (Å²) in [6.45, 7) is 0.990. The third-order valence-electron chi connectivity index (χ3n) is 4.59. The van der Waals surface area contributed by atoms with E-state index >= 15 is 0 Å². The molecule has 1 aliphatic heterocycles. The van der Waals surface area contributed by atoms with Gasteiger partial charge >= 0.3 is 0 Å². The van der Waals surface area contributed by atoms with Crippen LogP contribution in [-0.2, 0) is 4.79 Å². The van der Waals surface area contributed by atoms with E-state index in [9.17, 15) is 9.18 Å². The fraction of sp³-hybridized carbons (Fsp3) is 0.421. The normalized spacial score (nSPS) is 17.5. The number of likely N-dealkylation sites (tertiary alicyclic amines) is 1. The van der Waals surface area contributed by atoms with E-state index in [4.69, 9.17) is 5.73 Å². The van der Waals surface area contributed by atoms with Crippen molar-refractivity contribution in [2.24, 2.45) is 0 Å². The topological polar surface area (TPSA) is 75.4 Å². The number of carbonyl (C=O) groups is 1. The van der Waals surface area contributed by atoms with Crippen LogP contribution < -0.4 is 5.73 Å². The fourth-order valence-corrected chi connectivity index (χ4v) is 3.43. The monoisotopic (exact) mass is 357 g/mol. The van der Waals surface area contributed by atoms with E-state index < -0.39 is 0 Å². The van der Waals surface area contributed by atoms with E-state index in [1.807, 2.05) is 23.9 Å². The van der Waals surface area contributed by atoms with E-state index in [1.54, 1.807) is 24.4 Å². The number of hydrogen-bond acceptors (Lipinski definition) is 5. The molecular weight excluding hydrogens is 333 g/mol. The Hall–Kier alpha value is -2.54. The molecule has 1 aromatic carbocycles. The summed E-state index contributed by atoms with van der Waals surface area (Å²) in [5.74, 6) is -0.175. The zero-order valence-corrected chi connectivity index (χ0v) is 15.2. The highest BCUT2D eigenvalue weighted by molar-refractivity contribution is 5.79. The second-order valence-electron chi connectivity index (χ2n) is 6.84. The van der Waals surface area contributed by atoms with Crippen LogP contribution in [0, 0.1) is 5.82 Å². The lowest BCUT2D eigenvalue weighted by Gasteiger charge is -2.37. The highest BCUT2D eigenvalue weighted by Gasteiger charge is 2.31. The van der Waals surface area contributed by atoms with Gasteiger partial charge in [-0.1, -0.05) is 18.2 Å². The molecule has 0 unspecified atom stereocenters. The number of piperidine rings is 1. The van der Waals surface area contributed by atoms with Crippen LogP contribution in [0.5, 0.6) is 0 Å². The molecule has 1 aliphatic rings. The maximum absolute atomic E-state index is 14.4. The van der Waals surface area contributed by atoms with Crippen LogP contribution >= 0.6 is 0 Å². The molecule has 0 radical (unpaired) electrons. The molecule has 1 fully saturated rings. The zero-order chi connectivity index (χ0) is 18.7. The van der Waals surface area contributed by atoms with Gasteiger partial charge in [-0.15, -0.1) is 0 Å². The molecular formula is C19H24FN5O. The SMILES string of the molecule is CN(C)CC(=O)N1CCCC[C@H]1c1nc(N)ncc1-c1ccccc1F. The first-order chi connectivity index (χ1) is 12.5. The van der Waals surface area contributed by atoms with Gasteiger partial charge in [0.15, 0.2) is 0 Å². The van der Waals surface area contributed by atoms with E-state index in [1.165, 1.54) is 6.07 Å². The highest BCUT2D eigenvalue weighted by atomic mass is 19.1. The van der Waals surface area contributed by atoms with Crippen molar-refractivity contribution >= 4 is 11.9 Å². The first-order valence-corrected chi connectivity index (χ1v) is 8.79. The van der Waals surface area contributed by atoms with Crippen LogP contribution in [0.1, 0.15) is 31.0 Å². The Balaban J connectivity index is 2.05. The Morgan fingerprint density at radius 2 is 2.08 bits per heavy atom. The molecule has 2 heterocycles. The van der Waals surface area contributed by atoms with Crippen molar-refractivity contribution in [3.05, 3.63) is 42.0 Å². The second kappa shape index (κ2) is 7.78. The number of benzene rings is 1. The van der Waals surface area contributed by atoms with Crippen LogP contribution in [0.4, 0.5) is 10.3 Å². The number of nitrogens with zero attached hydrogens (tertiary/aromatic N) is 4. The molecule has 138 valence electrons. The van der Waals surface area contributed by atoms with Crippen LogP contribution in [0.3, 0.4) is 0 Å². The summed E-state index contributed by atoms with van der Waals surface area (Å²) in [7, 11) is 3.73. The van der Waals surface area contributed by atoms with E-state index in [2.05, 4.69) is 9.97 Å². The minimum absolute atomic E-state index is 0.0383. The molecule has 1 aromatic heterocycles. The Morgan fingerprint density at radius 1 is 1.31 bits per heavy atom.